The van der Waals surface area contributed by atoms with E-state index in [1.807, 2.05) is 13.8 Å². The summed E-state index contributed by atoms with van der Waals surface area (Å²) in [6, 6.07) is -0.394. The van der Waals surface area contributed by atoms with Crippen molar-refractivity contribution in [3.63, 3.8) is 0 Å². The van der Waals surface area contributed by atoms with Crippen LogP contribution in [0.25, 0.3) is 0 Å². The van der Waals surface area contributed by atoms with E-state index in [1.165, 1.54) is 5.57 Å². The zero-order valence-corrected chi connectivity index (χ0v) is 8.81. The van der Waals surface area contributed by atoms with E-state index in [1.54, 1.807) is 6.92 Å². The predicted molar refractivity (Wildman–Crippen MR) is 53.7 cm³/mol. The Morgan fingerprint density at radius 3 is 2.50 bits per heavy atom. The zero-order chi connectivity index (χ0) is 10.8. The lowest BCUT2D eigenvalue weighted by Gasteiger charge is -2.19. The lowest BCUT2D eigenvalue weighted by atomic mass is 9.96. The monoisotopic (exact) mass is 196 g/mol. The van der Waals surface area contributed by atoms with Gasteiger partial charge in [0.2, 0.25) is 0 Å². The molecule has 0 aromatic heterocycles. The summed E-state index contributed by atoms with van der Waals surface area (Å²) in [5.41, 5.74) is 0.488. The van der Waals surface area contributed by atoms with Crippen LogP contribution in [0.3, 0.4) is 0 Å². The number of hydrogen-bond acceptors (Lipinski definition) is 2. The topological polar surface area (TPSA) is 58.2 Å². The van der Waals surface area contributed by atoms with Gasteiger partial charge in [0, 0.05) is 0 Å². The van der Waals surface area contributed by atoms with Gasteiger partial charge in [-0.25, -0.2) is 4.79 Å². The first-order valence-electron chi connectivity index (χ1n) is 4.71. The maximum absolute atomic E-state index is 11.4. The second kappa shape index (κ2) is 3.82. The first-order chi connectivity index (χ1) is 6.44. The molecule has 1 atom stereocenters. The molecule has 1 rings (SSSR count). The third-order valence-electron chi connectivity index (χ3n) is 2.31. The fourth-order valence-electron chi connectivity index (χ4n) is 1.41. The number of urea groups is 1. The van der Waals surface area contributed by atoms with Gasteiger partial charge in [-0.15, -0.1) is 0 Å². The first-order valence-corrected chi connectivity index (χ1v) is 4.71. The highest BCUT2D eigenvalue weighted by molar-refractivity contribution is 6.06. The van der Waals surface area contributed by atoms with Crippen molar-refractivity contribution in [2.45, 2.75) is 39.2 Å². The second-order valence-electron chi connectivity index (χ2n) is 4.06. The number of rotatable bonds is 3. The van der Waals surface area contributed by atoms with Crippen LogP contribution < -0.4 is 10.6 Å². The van der Waals surface area contributed by atoms with E-state index in [0.29, 0.717) is 6.42 Å². The first kappa shape index (κ1) is 10.8. The number of allylic oxidation sites excluding steroid dienone is 2. The molecule has 0 bridgehead atoms. The van der Waals surface area contributed by atoms with E-state index in [-0.39, 0.29) is 5.91 Å². The van der Waals surface area contributed by atoms with Gasteiger partial charge in [-0.1, -0.05) is 11.6 Å². The fraction of sp³-hybridized carbons (Fsp3) is 0.600. The van der Waals surface area contributed by atoms with Crippen LogP contribution >= 0.6 is 0 Å². The van der Waals surface area contributed by atoms with Crippen LogP contribution in [0.1, 0.15) is 33.6 Å². The summed E-state index contributed by atoms with van der Waals surface area (Å²) in [6.45, 7) is 5.76. The van der Waals surface area contributed by atoms with E-state index < -0.39 is 11.6 Å². The van der Waals surface area contributed by atoms with Gasteiger partial charge < -0.3 is 5.32 Å². The molecule has 0 spiro atoms. The van der Waals surface area contributed by atoms with Gasteiger partial charge >= 0.3 is 6.03 Å². The maximum atomic E-state index is 11.4. The molecule has 4 nitrogen and oxygen atoms in total. The van der Waals surface area contributed by atoms with E-state index in [0.717, 1.165) is 6.42 Å². The minimum absolute atomic E-state index is 0.232. The molecular weight excluding hydrogens is 180 g/mol. The van der Waals surface area contributed by atoms with Crippen LogP contribution in [0.2, 0.25) is 0 Å². The molecule has 2 N–H and O–H groups in total. The van der Waals surface area contributed by atoms with E-state index in [9.17, 15) is 9.59 Å². The van der Waals surface area contributed by atoms with Crippen molar-refractivity contribution in [3.8, 4) is 0 Å². The highest BCUT2D eigenvalue weighted by atomic mass is 16.2. The molecule has 0 aromatic rings. The molecule has 1 aliphatic rings. The predicted octanol–water partition coefficient (Wildman–Crippen LogP) is 1.33. The van der Waals surface area contributed by atoms with Gasteiger partial charge in [0.05, 0.1) is 0 Å². The van der Waals surface area contributed by atoms with E-state index >= 15 is 0 Å². The smallest absolute Gasteiger partial charge is 0.322 e. The average Bonchev–Trinajstić information content (AvgIpc) is 2.25. The lowest BCUT2D eigenvalue weighted by molar-refractivity contribution is -0.123. The molecule has 78 valence electrons. The van der Waals surface area contributed by atoms with Crippen molar-refractivity contribution >= 4 is 11.9 Å². The lowest BCUT2D eigenvalue weighted by Crippen LogP contribution is -2.43. The van der Waals surface area contributed by atoms with Crippen LogP contribution in [0.5, 0.6) is 0 Å². The zero-order valence-electron chi connectivity index (χ0n) is 8.81. The second-order valence-corrected chi connectivity index (χ2v) is 4.06. The van der Waals surface area contributed by atoms with Crippen molar-refractivity contribution in [2.75, 3.05) is 0 Å². The van der Waals surface area contributed by atoms with Crippen molar-refractivity contribution < 1.29 is 9.59 Å². The number of carbonyl (C=O) groups excluding carboxylic acids is 2. The molecule has 1 unspecified atom stereocenters. The van der Waals surface area contributed by atoms with E-state index in [4.69, 9.17) is 0 Å². The van der Waals surface area contributed by atoms with Gasteiger partial charge in [0.1, 0.15) is 5.54 Å². The maximum Gasteiger partial charge on any atom is 0.322 e. The molecule has 0 radical (unpaired) electrons. The Balaban J connectivity index is 2.55. The standard InChI is InChI=1S/C10H16N2O2/c1-7(2)5-4-6-10(3)8(13)11-9(14)12-10/h5H,4,6H2,1-3H3,(H2,11,12,13,14). The Morgan fingerprint density at radius 1 is 1.43 bits per heavy atom. The van der Waals surface area contributed by atoms with Crippen LogP contribution in [0, 0.1) is 0 Å². The molecule has 3 amide bonds. The van der Waals surface area contributed by atoms with Crippen molar-refractivity contribution in [1.29, 1.82) is 0 Å². The largest absolute Gasteiger partial charge is 0.324 e. The number of carbonyl (C=O) groups is 2. The van der Waals surface area contributed by atoms with Gasteiger partial charge in [-0.3, -0.25) is 10.1 Å². The van der Waals surface area contributed by atoms with Crippen LogP contribution in [0.4, 0.5) is 4.79 Å². The van der Waals surface area contributed by atoms with Crippen molar-refractivity contribution in [3.05, 3.63) is 11.6 Å². The molecule has 1 aliphatic heterocycles. The van der Waals surface area contributed by atoms with Gasteiger partial charge in [0.15, 0.2) is 0 Å². The molecule has 1 saturated heterocycles. The van der Waals surface area contributed by atoms with Crippen LogP contribution in [-0.2, 0) is 4.79 Å². The highest BCUT2D eigenvalue weighted by Gasteiger charge is 2.40. The Morgan fingerprint density at radius 2 is 2.07 bits per heavy atom. The number of hydrogen-bond donors (Lipinski definition) is 2. The summed E-state index contributed by atoms with van der Waals surface area (Å²) in [6.07, 6.45) is 3.49. The highest BCUT2D eigenvalue weighted by Crippen LogP contribution is 2.17. The summed E-state index contributed by atoms with van der Waals surface area (Å²) in [5, 5.41) is 4.86. The van der Waals surface area contributed by atoms with Gasteiger partial charge in [0.25, 0.3) is 5.91 Å². The minimum atomic E-state index is -0.733. The molecular formula is C10H16N2O2. The van der Waals surface area contributed by atoms with E-state index in [2.05, 4.69) is 16.7 Å². The third-order valence-corrected chi connectivity index (χ3v) is 2.31. The Bertz CT molecular complexity index is 292. The SMILES string of the molecule is CC(C)=CCCC1(C)NC(=O)NC1=O. The summed E-state index contributed by atoms with van der Waals surface area (Å²) < 4.78 is 0. The molecule has 1 heterocycles. The molecule has 1 fully saturated rings. The van der Waals surface area contributed by atoms with Crippen LogP contribution in [-0.4, -0.2) is 17.5 Å². The Hall–Kier alpha value is -1.32. The third kappa shape index (κ3) is 2.34. The Labute approximate surface area is 83.8 Å². The summed E-state index contributed by atoms with van der Waals surface area (Å²) in [7, 11) is 0. The normalized spacial score (nSPS) is 25.6. The van der Waals surface area contributed by atoms with Gasteiger partial charge in [-0.2, -0.15) is 0 Å². The number of imide groups is 1. The molecule has 14 heavy (non-hydrogen) atoms. The Kier molecular flexibility index (Phi) is 2.93. The number of nitrogens with one attached hydrogen (secondary N) is 2. The minimum Gasteiger partial charge on any atom is -0.324 e. The summed E-state index contributed by atoms with van der Waals surface area (Å²) in [4.78, 5) is 22.3. The summed E-state index contributed by atoms with van der Waals surface area (Å²) in [5.74, 6) is -0.232. The average molecular weight is 196 g/mol. The number of amides is 3. The fourth-order valence-corrected chi connectivity index (χ4v) is 1.41. The van der Waals surface area contributed by atoms with Crippen molar-refractivity contribution in [1.82, 2.24) is 10.6 Å². The quantitative estimate of drug-likeness (QED) is 0.528. The molecule has 0 saturated carbocycles. The van der Waals surface area contributed by atoms with Gasteiger partial charge in [-0.05, 0) is 33.6 Å². The van der Waals surface area contributed by atoms with Crippen LogP contribution in [0.15, 0.2) is 11.6 Å². The molecule has 4 heteroatoms. The summed E-state index contributed by atoms with van der Waals surface area (Å²) >= 11 is 0. The van der Waals surface area contributed by atoms with Crippen molar-refractivity contribution in [2.24, 2.45) is 0 Å². The molecule has 0 aromatic carbocycles. The molecule has 0 aliphatic carbocycles.